The number of ether oxygens (including phenoxy) is 3. The van der Waals surface area contributed by atoms with Crippen LogP contribution in [0.25, 0.3) is 0 Å². The first-order valence-corrected chi connectivity index (χ1v) is 12.4. The van der Waals surface area contributed by atoms with Crippen molar-refractivity contribution in [2.24, 2.45) is 0 Å². The van der Waals surface area contributed by atoms with Crippen molar-refractivity contribution in [2.45, 2.75) is 59.2 Å². The number of fused-ring (bicyclic) bond motifs is 2. The summed E-state index contributed by atoms with van der Waals surface area (Å²) in [5.41, 5.74) is 1.12. The zero-order chi connectivity index (χ0) is 23.9. The second kappa shape index (κ2) is 11.7. The largest absolute Gasteiger partial charge is 0.490 e. The van der Waals surface area contributed by atoms with Gasteiger partial charge in [-0.25, -0.2) is 9.67 Å². The molecule has 1 fully saturated rings. The predicted molar refractivity (Wildman–Crippen MR) is 128 cm³/mol. The summed E-state index contributed by atoms with van der Waals surface area (Å²) in [7, 11) is 0. The summed E-state index contributed by atoms with van der Waals surface area (Å²) in [6, 6.07) is 6.40. The van der Waals surface area contributed by atoms with Crippen LogP contribution in [-0.4, -0.2) is 82.6 Å². The zero-order valence-corrected chi connectivity index (χ0v) is 20.7. The fraction of sp³-hybridized carbons (Fsp3) is 0.640. The number of aryl methyl sites for hydroxylation is 3. The van der Waals surface area contributed by atoms with Crippen LogP contribution in [0.5, 0.6) is 11.5 Å². The molecule has 2 aliphatic rings. The van der Waals surface area contributed by atoms with Crippen LogP contribution in [0.3, 0.4) is 0 Å². The van der Waals surface area contributed by atoms with Gasteiger partial charge in [-0.15, -0.1) is 0 Å². The average Bonchev–Trinajstić information content (AvgIpc) is 3.39. The van der Waals surface area contributed by atoms with E-state index in [9.17, 15) is 4.79 Å². The Kier molecular flexibility index (Phi) is 8.39. The van der Waals surface area contributed by atoms with E-state index in [1.165, 1.54) is 0 Å². The highest BCUT2D eigenvalue weighted by Gasteiger charge is 2.29. The lowest BCUT2D eigenvalue weighted by atomic mass is 10.1. The van der Waals surface area contributed by atoms with Crippen molar-refractivity contribution in [3.05, 3.63) is 35.4 Å². The highest BCUT2D eigenvalue weighted by Crippen LogP contribution is 2.34. The summed E-state index contributed by atoms with van der Waals surface area (Å²) in [6.07, 6.45) is 2.61. The number of rotatable bonds is 5. The zero-order valence-electron chi connectivity index (χ0n) is 20.7. The molecule has 9 nitrogen and oxygen atoms in total. The van der Waals surface area contributed by atoms with E-state index in [0.29, 0.717) is 58.5 Å². The Bertz CT molecular complexity index is 963. The van der Waals surface area contributed by atoms with Gasteiger partial charge >= 0.3 is 0 Å². The summed E-state index contributed by atoms with van der Waals surface area (Å²) in [5, 5.41) is 4.39. The van der Waals surface area contributed by atoms with Crippen molar-refractivity contribution < 1.29 is 19.0 Å². The van der Waals surface area contributed by atoms with Crippen LogP contribution in [0.15, 0.2) is 18.2 Å². The lowest BCUT2D eigenvalue weighted by Gasteiger charge is -2.31. The molecule has 0 spiro atoms. The summed E-state index contributed by atoms with van der Waals surface area (Å²) in [5.74, 6) is 3.29. The molecule has 186 valence electrons. The van der Waals surface area contributed by atoms with Gasteiger partial charge in [0.05, 0.1) is 26.4 Å². The van der Waals surface area contributed by atoms with Crippen LogP contribution in [0.2, 0.25) is 0 Å². The molecule has 0 unspecified atom stereocenters. The van der Waals surface area contributed by atoms with Crippen LogP contribution in [0, 0.1) is 13.8 Å². The van der Waals surface area contributed by atoms with Gasteiger partial charge in [0.15, 0.2) is 11.5 Å². The lowest BCUT2D eigenvalue weighted by Crippen LogP contribution is -2.44. The summed E-state index contributed by atoms with van der Waals surface area (Å²) in [6.45, 7) is 11.4. The first-order chi connectivity index (χ1) is 16.5. The molecule has 4 rings (SSSR count). The molecule has 3 heterocycles. The first-order valence-electron chi connectivity index (χ1n) is 12.4. The predicted octanol–water partition coefficient (Wildman–Crippen LogP) is 2.59. The smallest absolute Gasteiger partial charge is 0.224 e. The van der Waals surface area contributed by atoms with Crippen LogP contribution >= 0.6 is 0 Å². The molecule has 34 heavy (non-hydrogen) atoms. The maximum atomic E-state index is 13.2. The van der Waals surface area contributed by atoms with Crippen molar-refractivity contribution in [2.75, 3.05) is 46.1 Å². The highest BCUT2D eigenvalue weighted by atomic mass is 16.5. The van der Waals surface area contributed by atoms with Gasteiger partial charge in [0.25, 0.3) is 0 Å². The van der Waals surface area contributed by atoms with Gasteiger partial charge in [-0.05, 0) is 46.2 Å². The summed E-state index contributed by atoms with van der Waals surface area (Å²) >= 11 is 0. The van der Waals surface area contributed by atoms with Gasteiger partial charge in [-0.2, -0.15) is 5.10 Å². The molecule has 1 atom stereocenters. The van der Waals surface area contributed by atoms with Crippen LogP contribution in [-0.2, 0) is 22.6 Å². The maximum absolute atomic E-state index is 13.2. The first kappa shape index (κ1) is 24.5. The number of amides is 1. The van der Waals surface area contributed by atoms with Crippen molar-refractivity contribution >= 4 is 5.91 Å². The number of benzene rings is 1. The van der Waals surface area contributed by atoms with Gasteiger partial charge in [-0.3, -0.25) is 9.69 Å². The number of hydrogen-bond acceptors (Lipinski definition) is 7. The third-order valence-electron chi connectivity index (χ3n) is 6.50. The van der Waals surface area contributed by atoms with E-state index in [0.717, 1.165) is 54.6 Å². The molecule has 0 bridgehead atoms. The van der Waals surface area contributed by atoms with Crippen molar-refractivity contribution in [1.29, 1.82) is 0 Å². The van der Waals surface area contributed by atoms with Crippen LogP contribution < -0.4 is 9.47 Å². The minimum Gasteiger partial charge on any atom is -0.490 e. The van der Waals surface area contributed by atoms with E-state index >= 15 is 0 Å². The van der Waals surface area contributed by atoms with Crippen molar-refractivity contribution in [1.82, 2.24) is 24.6 Å². The molecule has 9 heteroatoms. The van der Waals surface area contributed by atoms with E-state index in [-0.39, 0.29) is 5.91 Å². The third kappa shape index (κ3) is 6.07. The monoisotopic (exact) mass is 471 g/mol. The Morgan fingerprint density at radius 2 is 2.09 bits per heavy atom. The van der Waals surface area contributed by atoms with E-state index < -0.39 is 0 Å². The molecule has 2 aliphatic heterocycles. The van der Waals surface area contributed by atoms with E-state index in [1.807, 2.05) is 42.5 Å². The highest BCUT2D eigenvalue weighted by molar-refractivity contribution is 5.76. The molecule has 1 aromatic carbocycles. The normalized spacial score (nSPS) is 19.9. The Morgan fingerprint density at radius 1 is 1.21 bits per heavy atom. The molecule has 0 radical (unpaired) electrons. The minimum absolute atomic E-state index is 0.133. The molecule has 0 N–H and O–H groups in total. The van der Waals surface area contributed by atoms with Gasteiger partial charge in [0.1, 0.15) is 18.3 Å². The maximum Gasteiger partial charge on any atom is 0.224 e. The van der Waals surface area contributed by atoms with E-state index in [2.05, 4.69) is 21.0 Å². The minimum atomic E-state index is 0.133. The molecule has 1 saturated heterocycles. The van der Waals surface area contributed by atoms with Crippen molar-refractivity contribution in [3.63, 3.8) is 0 Å². The number of nitrogens with zero attached hydrogens (tertiary/aromatic N) is 5. The Balaban J connectivity index is 1.48. The molecule has 2 aromatic rings. The van der Waals surface area contributed by atoms with E-state index in [1.54, 1.807) is 0 Å². The SMILES string of the molecule is CCOc1cccc2c1OCCOCCN(C(=O)CCn1nc(C)nc1C)C[C@@H]1CCCN1C2. The number of aromatic nitrogens is 3. The van der Waals surface area contributed by atoms with Gasteiger partial charge in [-0.1, -0.05) is 12.1 Å². The number of carbonyl (C=O) groups excluding carboxylic acids is 1. The molecular formula is C25H37N5O4. The topological polar surface area (TPSA) is 81.9 Å². The quantitative estimate of drug-likeness (QED) is 0.663. The number of para-hydroxylation sites is 1. The van der Waals surface area contributed by atoms with Gasteiger partial charge < -0.3 is 19.1 Å². The van der Waals surface area contributed by atoms with E-state index in [4.69, 9.17) is 14.2 Å². The second-order valence-electron chi connectivity index (χ2n) is 8.92. The van der Waals surface area contributed by atoms with Gasteiger partial charge in [0, 0.05) is 37.7 Å². The van der Waals surface area contributed by atoms with Crippen LogP contribution in [0.4, 0.5) is 0 Å². The fourth-order valence-corrected chi connectivity index (χ4v) is 4.83. The number of carbonyl (C=O) groups is 1. The molecular weight excluding hydrogens is 434 g/mol. The lowest BCUT2D eigenvalue weighted by molar-refractivity contribution is -0.133. The molecule has 1 amide bonds. The molecule has 1 aromatic heterocycles. The van der Waals surface area contributed by atoms with Gasteiger partial charge in [0.2, 0.25) is 5.91 Å². The second-order valence-corrected chi connectivity index (χ2v) is 8.92. The Labute approximate surface area is 202 Å². The average molecular weight is 472 g/mol. The van der Waals surface area contributed by atoms with Crippen LogP contribution in [0.1, 0.15) is 43.4 Å². The Morgan fingerprint density at radius 3 is 2.88 bits per heavy atom. The molecule has 0 saturated carbocycles. The third-order valence-corrected chi connectivity index (χ3v) is 6.50. The van der Waals surface area contributed by atoms with Crippen molar-refractivity contribution in [3.8, 4) is 11.5 Å². The molecule has 0 aliphatic carbocycles. The number of hydrogen-bond donors (Lipinski definition) is 0. The fourth-order valence-electron chi connectivity index (χ4n) is 4.83. The Hall–Kier alpha value is -2.65. The summed E-state index contributed by atoms with van der Waals surface area (Å²) in [4.78, 5) is 22.0. The standard InChI is InChI=1S/C25H37N5O4/c1-4-33-23-9-5-7-21-17-28-11-6-8-22(28)18-29(13-14-32-15-16-34-25(21)23)24(31)10-12-30-20(3)26-19(2)27-30/h5,7,9,22H,4,6,8,10-18H2,1-3H3/t22-/m0/s1. The summed E-state index contributed by atoms with van der Waals surface area (Å²) < 4.78 is 19.6.